The van der Waals surface area contributed by atoms with E-state index in [1.54, 1.807) is 0 Å². The van der Waals surface area contributed by atoms with E-state index in [-0.39, 0.29) is 36.5 Å². The molecule has 0 amide bonds. The highest BCUT2D eigenvalue weighted by molar-refractivity contribution is 5.72. The molecule has 7 nitrogen and oxygen atoms in total. The van der Waals surface area contributed by atoms with Crippen LogP contribution in [0.4, 0.5) is 0 Å². The van der Waals surface area contributed by atoms with Crippen LogP contribution in [-0.4, -0.2) is 62.8 Å². The van der Waals surface area contributed by atoms with E-state index in [0.717, 1.165) is 116 Å². The van der Waals surface area contributed by atoms with Gasteiger partial charge in [0.15, 0.2) is 0 Å². The second-order valence-electron chi connectivity index (χ2n) is 13.3. The van der Waals surface area contributed by atoms with E-state index in [1.165, 1.54) is 38.5 Å². The lowest BCUT2D eigenvalue weighted by Gasteiger charge is -2.16. The van der Waals surface area contributed by atoms with E-state index in [4.69, 9.17) is 18.9 Å². The molecule has 0 saturated carbocycles. The summed E-state index contributed by atoms with van der Waals surface area (Å²) in [6.07, 6.45) is 25.2. The topological polar surface area (TPSA) is 91.3 Å². The number of rotatable bonds is 36. The Morgan fingerprint density at radius 3 is 1.30 bits per heavy atom. The molecule has 0 radical (unpaired) electrons. The molecule has 46 heavy (non-hydrogen) atoms. The Kier molecular flexibility index (Phi) is 34.2. The molecule has 0 saturated heterocycles. The Balaban J connectivity index is 3.82. The third-order valence-corrected chi connectivity index (χ3v) is 8.86. The summed E-state index contributed by atoms with van der Waals surface area (Å²) >= 11 is 0. The first kappa shape index (κ1) is 44.8. The number of unbranched alkanes of at least 4 members (excludes halogenated alkanes) is 14. The number of hydrogen-bond acceptors (Lipinski definition) is 7. The van der Waals surface area contributed by atoms with Crippen LogP contribution < -0.4 is 0 Å². The molecule has 0 aliphatic heterocycles. The second-order valence-corrected chi connectivity index (χ2v) is 13.3. The van der Waals surface area contributed by atoms with Gasteiger partial charge in [0, 0.05) is 13.2 Å². The van der Waals surface area contributed by atoms with E-state index in [0.29, 0.717) is 33.0 Å². The highest BCUT2D eigenvalue weighted by atomic mass is 16.5. The molecular formula is C39H76O7. The molecule has 3 unspecified atom stereocenters. The molecule has 0 heterocycles. The molecule has 7 heteroatoms. The van der Waals surface area contributed by atoms with Gasteiger partial charge in [0.1, 0.15) is 6.10 Å². The monoisotopic (exact) mass is 657 g/mol. The van der Waals surface area contributed by atoms with Crippen LogP contribution in [0.5, 0.6) is 0 Å². The zero-order chi connectivity index (χ0) is 33.9. The van der Waals surface area contributed by atoms with Crippen molar-refractivity contribution in [2.75, 3.05) is 39.6 Å². The lowest BCUT2D eigenvalue weighted by molar-refractivity contribution is -0.150. The predicted molar refractivity (Wildman–Crippen MR) is 190 cm³/mol. The maximum absolute atomic E-state index is 12.6. The van der Waals surface area contributed by atoms with Crippen molar-refractivity contribution in [3.8, 4) is 0 Å². The van der Waals surface area contributed by atoms with Crippen LogP contribution >= 0.6 is 0 Å². The summed E-state index contributed by atoms with van der Waals surface area (Å²) in [5.41, 5.74) is 0. The number of aliphatic hydroxyl groups is 1. The normalized spacial score (nSPS) is 13.4. The fourth-order valence-corrected chi connectivity index (χ4v) is 5.71. The van der Waals surface area contributed by atoms with Crippen LogP contribution in [0.3, 0.4) is 0 Å². The molecule has 0 aliphatic rings. The lowest BCUT2D eigenvalue weighted by atomic mass is 9.95. The third kappa shape index (κ3) is 27.9. The molecule has 0 aromatic heterocycles. The molecule has 0 rings (SSSR count). The molecule has 0 spiro atoms. The number of hydrogen-bond donors (Lipinski definition) is 1. The molecule has 274 valence electrons. The van der Waals surface area contributed by atoms with Gasteiger partial charge in [0.05, 0.1) is 38.3 Å². The summed E-state index contributed by atoms with van der Waals surface area (Å²) in [4.78, 5) is 25.1. The summed E-state index contributed by atoms with van der Waals surface area (Å²) < 4.78 is 22.8. The highest BCUT2D eigenvalue weighted by Gasteiger charge is 2.20. The van der Waals surface area contributed by atoms with E-state index >= 15 is 0 Å². The van der Waals surface area contributed by atoms with Crippen molar-refractivity contribution in [3.63, 3.8) is 0 Å². The number of esters is 2. The fourth-order valence-electron chi connectivity index (χ4n) is 5.71. The Morgan fingerprint density at radius 1 is 0.478 bits per heavy atom. The Labute approximate surface area is 284 Å². The molecular weight excluding hydrogens is 580 g/mol. The Bertz CT molecular complexity index is 656. The van der Waals surface area contributed by atoms with Gasteiger partial charge in [0.25, 0.3) is 0 Å². The third-order valence-electron chi connectivity index (χ3n) is 8.86. The molecule has 0 fully saturated rings. The second kappa shape index (κ2) is 35.1. The summed E-state index contributed by atoms with van der Waals surface area (Å²) in [7, 11) is 0. The minimum Gasteiger partial charge on any atom is -0.465 e. The van der Waals surface area contributed by atoms with Crippen molar-refractivity contribution in [2.24, 2.45) is 11.8 Å². The average molecular weight is 657 g/mol. The minimum atomic E-state index is -0.291. The summed E-state index contributed by atoms with van der Waals surface area (Å²) in [6.45, 7) is 11.4. The largest absolute Gasteiger partial charge is 0.465 e. The van der Waals surface area contributed by atoms with Crippen molar-refractivity contribution in [2.45, 2.75) is 188 Å². The fraction of sp³-hybridized carbons (Fsp3) is 0.949. The van der Waals surface area contributed by atoms with Crippen molar-refractivity contribution < 1.29 is 33.6 Å². The van der Waals surface area contributed by atoms with Gasteiger partial charge in [-0.05, 0) is 64.2 Å². The van der Waals surface area contributed by atoms with E-state index in [2.05, 4.69) is 27.7 Å². The van der Waals surface area contributed by atoms with Gasteiger partial charge in [0.2, 0.25) is 0 Å². The van der Waals surface area contributed by atoms with Crippen LogP contribution in [0.2, 0.25) is 0 Å². The van der Waals surface area contributed by atoms with E-state index < -0.39 is 0 Å². The zero-order valence-electron chi connectivity index (χ0n) is 30.8. The van der Waals surface area contributed by atoms with Crippen molar-refractivity contribution in [1.82, 2.24) is 0 Å². The Morgan fingerprint density at radius 2 is 0.870 bits per heavy atom. The van der Waals surface area contributed by atoms with Gasteiger partial charge >= 0.3 is 11.9 Å². The van der Waals surface area contributed by atoms with Gasteiger partial charge in [-0.25, -0.2) is 0 Å². The van der Waals surface area contributed by atoms with Gasteiger partial charge in [-0.1, -0.05) is 118 Å². The van der Waals surface area contributed by atoms with Gasteiger partial charge in [-0.15, -0.1) is 0 Å². The van der Waals surface area contributed by atoms with E-state index in [1.807, 2.05) is 0 Å². The first-order chi connectivity index (χ1) is 22.5. The smallest absolute Gasteiger partial charge is 0.308 e. The van der Waals surface area contributed by atoms with Crippen molar-refractivity contribution in [3.05, 3.63) is 0 Å². The summed E-state index contributed by atoms with van der Waals surface area (Å²) in [5, 5.41) is 9.64. The number of carbonyl (C=O) groups excluding carboxylic acids is 2. The number of ether oxygens (including phenoxy) is 4. The van der Waals surface area contributed by atoms with Gasteiger partial charge in [-0.2, -0.15) is 0 Å². The molecule has 0 bridgehead atoms. The standard InChI is InChI=1S/C39H76O7/c1-5-9-13-19-27-35(25-11-7-3)38(41)45-31-23-16-15-21-29-43-34-37(33-40)44-30-22-17-18-24-32-46-39(42)36(26-12-8-4)28-20-14-10-6-2/h35-37,40H,5-34H2,1-4H3. The van der Waals surface area contributed by atoms with Gasteiger partial charge < -0.3 is 24.1 Å². The van der Waals surface area contributed by atoms with E-state index in [9.17, 15) is 14.7 Å². The average Bonchev–Trinajstić information content (AvgIpc) is 3.06. The summed E-state index contributed by atoms with van der Waals surface area (Å²) in [6, 6.07) is 0. The lowest BCUT2D eigenvalue weighted by Crippen LogP contribution is -2.24. The zero-order valence-corrected chi connectivity index (χ0v) is 30.8. The van der Waals surface area contributed by atoms with Crippen molar-refractivity contribution >= 4 is 11.9 Å². The first-order valence-electron chi connectivity index (χ1n) is 19.7. The molecule has 1 N–H and O–H groups in total. The van der Waals surface area contributed by atoms with Crippen LogP contribution in [-0.2, 0) is 28.5 Å². The molecule has 3 atom stereocenters. The van der Waals surface area contributed by atoms with Crippen LogP contribution in [0, 0.1) is 11.8 Å². The van der Waals surface area contributed by atoms with Crippen LogP contribution in [0.15, 0.2) is 0 Å². The number of aliphatic hydroxyl groups excluding tert-OH is 1. The highest BCUT2D eigenvalue weighted by Crippen LogP contribution is 2.20. The minimum absolute atomic E-state index is 0.000709. The number of carbonyl (C=O) groups is 2. The van der Waals surface area contributed by atoms with Crippen LogP contribution in [0.1, 0.15) is 182 Å². The van der Waals surface area contributed by atoms with Crippen LogP contribution in [0.25, 0.3) is 0 Å². The quantitative estimate of drug-likeness (QED) is 0.0530. The maximum Gasteiger partial charge on any atom is 0.308 e. The molecule has 0 aromatic rings. The maximum atomic E-state index is 12.6. The molecule has 0 aliphatic carbocycles. The van der Waals surface area contributed by atoms with Gasteiger partial charge in [-0.3, -0.25) is 9.59 Å². The van der Waals surface area contributed by atoms with Crippen molar-refractivity contribution in [1.29, 1.82) is 0 Å². The Hall–Kier alpha value is -1.18. The predicted octanol–water partition coefficient (Wildman–Crippen LogP) is 10.1. The molecule has 0 aromatic carbocycles. The first-order valence-corrected chi connectivity index (χ1v) is 19.7. The SMILES string of the molecule is CCCCCCC(CCCC)C(=O)OCCCCCCOCC(CO)OCCCCCCOC(=O)C(CCCC)CCCCCC. The summed E-state index contributed by atoms with van der Waals surface area (Å²) in [5.74, 6) is 0.140.